The number of rotatable bonds is 45. The predicted molar refractivity (Wildman–Crippen MR) is 230 cm³/mol. The first-order chi connectivity index (χ1) is 25.1. The molecular weight excluding hydrogens is 643 g/mol. The minimum Gasteiger partial charge on any atom is -0.397 e. The first-order valence-corrected chi connectivity index (χ1v) is 25.4. The van der Waals surface area contributed by atoms with E-state index in [1.54, 1.807) is 0 Å². The van der Waals surface area contributed by atoms with Crippen LogP contribution in [0.2, 0.25) is 6.04 Å². The van der Waals surface area contributed by atoms with E-state index in [1.807, 2.05) is 0 Å². The summed E-state index contributed by atoms with van der Waals surface area (Å²) < 4.78 is 18.5. The molecule has 0 saturated heterocycles. The number of hydrogen-bond donors (Lipinski definition) is 1. The standard InChI is InChI=1S/C46H97NO3Si/c1-5-7-9-11-13-15-17-18-19-20-25-29-33-37-42-49-51(44-45(3)4)50-43-39-46(47)38-34-30-26-22-21-24-28-32-36-41-48-40-35-31-27-23-16-14-12-10-8-6-2/h45-46,51H,5-44,47H2,1-4H3. The van der Waals surface area contributed by atoms with Gasteiger partial charge in [-0.05, 0) is 44.1 Å². The summed E-state index contributed by atoms with van der Waals surface area (Å²) in [6.07, 6.45) is 47.7. The molecule has 0 heterocycles. The number of hydrogen-bond acceptors (Lipinski definition) is 4. The molecule has 4 nitrogen and oxygen atoms in total. The molecule has 51 heavy (non-hydrogen) atoms. The molecule has 0 aliphatic rings. The number of nitrogens with two attached hydrogens (primary N) is 1. The maximum atomic E-state index is 6.47. The van der Waals surface area contributed by atoms with E-state index in [4.69, 9.17) is 19.3 Å². The Bertz CT molecular complexity index is 621. The normalized spacial score (nSPS) is 13.1. The maximum Gasteiger partial charge on any atom is 0.321 e. The summed E-state index contributed by atoms with van der Waals surface area (Å²) in [6, 6.07) is 1.39. The van der Waals surface area contributed by atoms with Crippen LogP contribution in [0.4, 0.5) is 0 Å². The van der Waals surface area contributed by atoms with Gasteiger partial charge in [0, 0.05) is 32.5 Å². The van der Waals surface area contributed by atoms with Gasteiger partial charge >= 0.3 is 9.28 Å². The Morgan fingerprint density at radius 1 is 0.373 bits per heavy atom. The van der Waals surface area contributed by atoms with Gasteiger partial charge in [-0.3, -0.25) is 0 Å². The van der Waals surface area contributed by atoms with Gasteiger partial charge in [0.25, 0.3) is 0 Å². The van der Waals surface area contributed by atoms with Crippen molar-refractivity contribution in [1.29, 1.82) is 0 Å². The topological polar surface area (TPSA) is 53.7 Å². The van der Waals surface area contributed by atoms with Crippen molar-refractivity contribution >= 4 is 9.28 Å². The lowest BCUT2D eigenvalue weighted by molar-refractivity contribution is 0.125. The molecule has 0 aliphatic carbocycles. The highest BCUT2D eigenvalue weighted by Gasteiger charge is 2.16. The SMILES string of the molecule is CCCCCCCCCCCCCCCCO[SiH](CC(C)C)OCCC(N)CCCCCCCCCCCOCCCCCCCCCCCC. The van der Waals surface area contributed by atoms with Crippen molar-refractivity contribution in [2.24, 2.45) is 11.7 Å². The molecule has 0 aromatic heterocycles. The molecule has 2 atom stereocenters. The molecule has 0 saturated carbocycles. The lowest BCUT2D eigenvalue weighted by Crippen LogP contribution is -2.29. The molecule has 0 aromatic rings. The minimum atomic E-state index is -1.58. The second-order valence-electron chi connectivity index (χ2n) is 16.7. The summed E-state index contributed by atoms with van der Waals surface area (Å²) in [5, 5.41) is 0. The minimum absolute atomic E-state index is 0.275. The molecule has 0 radical (unpaired) electrons. The zero-order chi connectivity index (χ0) is 37.1. The molecule has 2 N–H and O–H groups in total. The van der Waals surface area contributed by atoms with Crippen molar-refractivity contribution in [3.8, 4) is 0 Å². The predicted octanol–water partition coefficient (Wildman–Crippen LogP) is 14.9. The van der Waals surface area contributed by atoms with Crippen molar-refractivity contribution in [2.45, 2.75) is 265 Å². The van der Waals surface area contributed by atoms with Crippen molar-refractivity contribution in [3.63, 3.8) is 0 Å². The second kappa shape index (κ2) is 44.5. The molecule has 0 aromatic carbocycles. The summed E-state index contributed by atoms with van der Waals surface area (Å²) in [6.45, 7) is 12.8. The average Bonchev–Trinajstić information content (AvgIpc) is 3.11. The van der Waals surface area contributed by atoms with E-state index in [1.165, 1.54) is 212 Å². The van der Waals surface area contributed by atoms with Crippen LogP contribution < -0.4 is 5.73 Å². The van der Waals surface area contributed by atoms with E-state index in [2.05, 4.69) is 27.7 Å². The fourth-order valence-corrected chi connectivity index (χ4v) is 9.18. The molecule has 2 unspecified atom stereocenters. The molecule has 0 spiro atoms. The van der Waals surface area contributed by atoms with E-state index in [0.717, 1.165) is 45.3 Å². The van der Waals surface area contributed by atoms with E-state index >= 15 is 0 Å². The van der Waals surface area contributed by atoms with Crippen molar-refractivity contribution in [2.75, 3.05) is 26.4 Å². The molecule has 0 amide bonds. The Kier molecular flexibility index (Phi) is 44.5. The molecule has 0 rings (SSSR count). The zero-order valence-corrected chi connectivity index (χ0v) is 37.0. The van der Waals surface area contributed by atoms with Gasteiger partial charge in [-0.2, -0.15) is 0 Å². The molecular formula is C46H97NO3Si. The number of unbranched alkanes of at least 4 members (excludes halogenated alkanes) is 30. The Hall–Kier alpha value is 0.0569. The second-order valence-corrected chi connectivity index (χ2v) is 18.7. The quantitative estimate of drug-likeness (QED) is 0.0499. The summed E-state index contributed by atoms with van der Waals surface area (Å²) in [5.41, 5.74) is 6.47. The van der Waals surface area contributed by atoms with Crippen molar-refractivity contribution in [3.05, 3.63) is 0 Å². The van der Waals surface area contributed by atoms with Crippen LogP contribution in [0, 0.1) is 5.92 Å². The van der Waals surface area contributed by atoms with E-state index in [-0.39, 0.29) is 6.04 Å². The molecule has 308 valence electrons. The average molecular weight is 740 g/mol. The monoisotopic (exact) mass is 740 g/mol. The van der Waals surface area contributed by atoms with Gasteiger partial charge in [-0.1, -0.05) is 220 Å². The summed E-state index contributed by atoms with van der Waals surface area (Å²) in [4.78, 5) is 0. The smallest absolute Gasteiger partial charge is 0.321 e. The Balaban J connectivity index is 3.49. The van der Waals surface area contributed by atoms with Crippen LogP contribution in [0.25, 0.3) is 0 Å². The van der Waals surface area contributed by atoms with E-state index < -0.39 is 9.28 Å². The van der Waals surface area contributed by atoms with Gasteiger partial charge in [0.1, 0.15) is 0 Å². The lowest BCUT2D eigenvalue weighted by Gasteiger charge is -2.20. The maximum absolute atomic E-state index is 6.47. The summed E-state index contributed by atoms with van der Waals surface area (Å²) in [7, 11) is -1.58. The third-order valence-corrected chi connectivity index (χ3v) is 13.3. The fourth-order valence-electron chi connectivity index (χ4n) is 7.22. The van der Waals surface area contributed by atoms with Gasteiger partial charge < -0.3 is 19.3 Å². The fraction of sp³-hybridized carbons (Fsp3) is 1.00. The van der Waals surface area contributed by atoms with Crippen LogP contribution in [0.15, 0.2) is 0 Å². The van der Waals surface area contributed by atoms with Crippen LogP contribution in [-0.4, -0.2) is 41.8 Å². The zero-order valence-electron chi connectivity index (χ0n) is 35.8. The first-order valence-electron chi connectivity index (χ1n) is 23.7. The Morgan fingerprint density at radius 3 is 1.06 bits per heavy atom. The highest BCUT2D eigenvalue weighted by atomic mass is 28.3. The van der Waals surface area contributed by atoms with Crippen LogP contribution in [0.1, 0.15) is 252 Å². The largest absolute Gasteiger partial charge is 0.397 e. The van der Waals surface area contributed by atoms with E-state index in [9.17, 15) is 0 Å². The van der Waals surface area contributed by atoms with Crippen molar-refractivity contribution < 1.29 is 13.6 Å². The van der Waals surface area contributed by atoms with Gasteiger partial charge in [0.2, 0.25) is 0 Å². The highest BCUT2D eigenvalue weighted by molar-refractivity contribution is 6.44. The van der Waals surface area contributed by atoms with Gasteiger partial charge in [0.05, 0.1) is 0 Å². The van der Waals surface area contributed by atoms with Gasteiger partial charge in [-0.15, -0.1) is 0 Å². The van der Waals surface area contributed by atoms with Crippen LogP contribution >= 0.6 is 0 Å². The summed E-state index contributed by atoms with van der Waals surface area (Å²) in [5.74, 6) is 0.643. The van der Waals surface area contributed by atoms with Crippen LogP contribution in [0.5, 0.6) is 0 Å². The number of ether oxygens (including phenoxy) is 1. The third-order valence-electron chi connectivity index (χ3n) is 10.8. The highest BCUT2D eigenvalue weighted by Crippen LogP contribution is 2.16. The van der Waals surface area contributed by atoms with Gasteiger partial charge in [-0.25, -0.2) is 0 Å². The summed E-state index contributed by atoms with van der Waals surface area (Å²) >= 11 is 0. The van der Waals surface area contributed by atoms with Crippen molar-refractivity contribution in [1.82, 2.24) is 0 Å². The van der Waals surface area contributed by atoms with Crippen LogP contribution in [-0.2, 0) is 13.6 Å². The molecule has 0 aliphatic heterocycles. The molecule has 0 fully saturated rings. The van der Waals surface area contributed by atoms with Crippen LogP contribution in [0.3, 0.4) is 0 Å². The Morgan fingerprint density at radius 2 is 0.686 bits per heavy atom. The van der Waals surface area contributed by atoms with Gasteiger partial charge in [0.15, 0.2) is 0 Å². The van der Waals surface area contributed by atoms with E-state index in [0.29, 0.717) is 5.92 Å². The lowest BCUT2D eigenvalue weighted by atomic mass is 10.0. The molecule has 5 heteroatoms. The third kappa shape index (κ3) is 44.3. The Labute approximate surface area is 324 Å². The first kappa shape index (κ1) is 51.1. The molecule has 0 bridgehead atoms.